The Morgan fingerprint density at radius 1 is 1.40 bits per heavy atom. The Hall–Kier alpha value is -0.420. The molecule has 0 amide bonds. The van der Waals surface area contributed by atoms with Crippen molar-refractivity contribution >= 4 is 25.8 Å². The van der Waals surface area contributed by atoms with Gasteiger partial charge in [-0.1, -0.05) is 41.3 Å². The molecule has 3 nitrogen and oxygen atoms in total. The van der Waals surface area contributed by atoms with Gasteiger partial charge in [0.2, 0.25) is 0 Å². The second kappa shape index (κ2) is 5.61. The third-order valence-corrected chi connectivity index (χ3v) is 3.37. The quantitative estimate of drug-likeness (QED) is 0.787. The lowest BCUT2D eigenvalue weighted by atomic mass is 10.3. The van der Waals surface area contributed by atoms with Gasteiger partial charge in [-0.05, 0) is 6.07 Å². The molecule has 1 aromatic rings. The van der Waals surface area contributed by atoms with Gasteiger partial charge in [0.1, 0.15) is 0 Å². The summed E-state index contributed by atoms with van der Waals surface area (Å²) in [7, 11) is -3.19. The zero-order chi connectivity index (χ0) is 11.3. The maximum Gasteiger partial charge on any atom is 0.193 e. The third kappa shape index (κ3) is 4.75. The third-order valence-electron chi connectivity index (χ3n) is 1.70. The minimum atomic E-state index is -3.19. The van der Waals surface area contributed by atoms with Crippen molar-refractivity contribution < 1.29 is 8.42 Å². The molecule has 1 aromatic heterocycles. The Morgan fingerprint density at radius 2 is 2.00 bits per heavy atom. The van der Waals surface area contributed by atoms with Gasteiger partial charge in [0, 0.05) is 23.3 Å². The fraction of sp³-hybridized carbons (Fsp3) is 0.500. The average molecular weight is 292 g/mol. The molecule has 1 heterocycles. The molecule has 84 valence electrons. The van der Waals surface area contributed by atoms with E-state index in [0.29, 0.717) is 10.9 Å². The summed E-state index contributed by atoms with van der Waals surface area (Å²) in [4.78, 5) is 3.80. The minimum absolute atomic E-state index is 0.155. The van der Waals surface area contributed by atoms with Crippen LogP contribution in [-0.4, -0.2) is 19.7 Å². The van der Waals surface area contributed by atoms with Crippen LogP contribution in [0.4, 0.5) is 0 Å². The van der Waals surface area contributed by atoms with Gasteiger partial charge >= 0.3 is 0 Å². The number of alkyl halides is 1. The van der Waals surface area contributed by atoms with Crippen molar-refractivity contribution in [3.05, 3.63) is 23.9 Å². The number of nitrogens with zero attached hydrogens (tertiary/aromatic N) is 1. The van der Waals surface area contributed by atoms with E-state index in [9.17, 15) is 8.42 Å². The van der Waals surface area contributed by atoms with Crippen LogP contribution in [0.2, 0.25) is 0 Å². The lowest BCUT2D eigenvalue weighted by molar-refractivity contribution is 0.597. The fourth-order valence-corrected chi connectivity index (χ4v) is 2.37. The van der Waals surface area contributed by atoms with Crippen molar-refractivity contribution in [2.75, 3.05) is 6.26 Å². The van der Waals surface area contributed by atoms with Crippen molar-refractivity contribution in [3.8, 4) is 0 Å². The van der Waals surface area contributed by atoms with Crippen molar-refractivity contribution in [1.82, 2.24) is 4.98 Å². The normalized spacial score (nSPS) is 14.0. The van der Waals surface area contributed by atoms with Gasteiger partial charge in [-0.2, -0.15) is 0 Å². The molecule has 0 spiro atoms. The summed E-state index contributed by atoms with van der Waals surface area (Å²) in [6.07, 6.45) is 7.13. The highest BCUT2D eigenvalue weighted by Gasteiger charge is 2.12. The highest BCUT2D eigenvalue weighted by molar-refractivity contribution is 9.08. The van der Waals surface area contributed by atoms with Crippen LogP contribution in [0, 0.1) is 0 Å². The van der Waals surface area contributed by atoms with Gasteiger partial charge in [-0.15, -0.1) is 0 Å². The Morgan fingerprint density at radius 3 is 2.33 bits per heavy atom. The molecule has 1 saturated carbocycles. The Labute approximate surface area is 99.0 Å². The summed E-state index contributed by atoms with van der Waals surface area (Å²) >= 11 is 3.20. The fourth-order valence-electron chi connectivity index (χ4n) is 0.860. The summed E-state index contributed by atoms with van der Waals surface area (Å²) in [6.45, 7) is 0. The SMILES string of the molecule is C1CC1.CS(=O)(=O)c1ncccc1CBr. The highest BCUT2D eigenvalue weighted by atomic mass is 79.9. The molecule has 1 fully saturated rings. The summed E-state index contributed by atoms with van der Waals surface area (Å²) in [5.41, 5.74) is 0.694. The van der Waals surface area contributed by atoms with Crippen LogP contribution < -0.4 is 0 Å². The van der Waals surface area contributed by atoms with E-state index in [1.807, 2.05) is 0 Å². The van der Waals surface area contributed by atoms with E-state index in [1.54, 1.807) is 12.1 Å². The predicted octanol–water partition coefficient (Wildman–Crippen LogP) is 2.55. The Bertz CT molecular complexity index is 412. The molecule has 5 heteroatoms. The van der Waals surface area contributed by atoms with Crippen LogP contribution in [0.1, 0.15) is 24.8 Å². The van der Waals surface area contributed by atoms with Crippen LogP contribution in [0.15, 0.2) is 23.4 Å². The maximum atomic E-state index is 11.1. The van der Waals surface area contributed by atoms with Gasteiger partial charge in [0.25, 0.3) is 0 Å². The van der Waals surface area contributed by atoms with Gasteiger partial charge in [-0.3, -0.25) is 0 Å². The Kier molecular flexibility index (Phi) is 4.73. The van der Waals surface area contributed by atoms with E-state index < -0.39 is 9.84 Å². The first kappa shape index (κ1) is 12.6. The van der Waals surface area contributed by atoms with Gasteiger partial charge < -0.3 is 0 Å². The zero-order valence-electron chi connectivity index (χ0n) is 8.61. The molecule has 0 radical (unpaired) electrons. The first-order valence-corrected chi connectivity index (χ1v) is 7.77. The van der Waals surface area contributed by atoms with Gasteiger partial charge in [0.15, 0.2) is 14.9 Å². The smallest absolute Gasteiger partial charge is 0.193 e. The number of sulfone groups is 1. The number of halogens is 1. The summed E-state index contributed by atoms with van der Waals surface area (Å²) in [6, 6.07) is 3.45. The molecule has 15 heavy (non-hydrogen) atoms. The van der Waals surface area contributed by atoms with Crippen LogP contribution in [0.25, 0.3) is 0 Å². The first-order chi connectivity index (χ1) is 7.05. The predicted molar refractivity (Wildman–Crippen MR) is 63.8 cm³/mol. The molecular weight excluding hydrogens is 278 g/mol. The minimum Gasteiger partial charge on any atom is -0.244 e. The number of hydrogen-bond acceptors (Lipinski definition) is 3. The highest BCUT2D eigenvalue weighted by Crippen LogP contribution is 2.15. The van der Waals surface area contributed by atoms with E-state index in [0.717, 1.165) is 6.26 Å². The van der Waals surface area contributed by atoms with Gasteiger partial charge in [0.05, 0.1) is 0 Å². The largest absolute Gasteiger partial charge is 0.244 e. The van der Waals surface area contributed by atoms with Crippen LogP contribution in [0.3, 0.4) is 0 Å². The molecule has 1 aliphatic carbocycles. The number of aromatic nitrogens is 1. The lowest BCUT2D eigenvalue weighted by Crippen LogP contribution is -2.03. The van der Waals surface area contributed by atoms with Crippen LogP contribution >= 0.6 is 15.9 Å². The molecule has 0 atom stereocenters. The Balaban J connectivity index is 0.000000319. The van der Waals surface area contributed by atoms with Crippen LogP contribution in [-0.2, 0) is 15.2 Å². The summed E-state index contributed by atoms with van der Waals surface area (Å²) in [5.74, 6) is 0. The average Bonchev–Trinajstić information content (AvgIpc) is 3.03. The lowest BCUT2D eigenvalue weighted by Gasteiger charge is -2.01. The molecule has 1 aliphatic rings. The molecule has 0 bridgehead atoms. The zero-order valence-corrected chi connectivity index (χ0v) is 11.0. The summed E-state index contributed by atoms with van der Waals surface area (Å²) < 4.78 is 22.3. The van der Waals surface area contributed by atoms with Crippen molar-refractivity contribution in [1.29, 1.82) is 0 Å². The molecule has 0 saturated heterocycles. The standard InChI is InChI=1S/C7H8BrNO2S.C3H6/c1-12(10,11)7-6(5-8)3-2-4-9-7;1-2-3-1/h2-4H,5H2,1H3;1-3H2. The molecule has 0 aromatic carbocycles. The van der Waals surface area contributed by atoms with Crippen LogP contribution in [0.5, 0.6) is 0 Å². The number of hydrogen-bond donors (Lipinski definition) is 0. The van der Waals surface area contributed by atoms with Crippen molar-refractivity contribution in [2.24, 2.45) is 0 Å². The van der Waals surface area contributed by atoms with E-state index in [4.69, 9.17) is 0 Å². The second-order valence-electron chi connectivity index (χ2n) is 3.43. The molecule has 0 aliphatic heterocycles. The maximum absolute atomic E-state index is 11.1. The summed E-state index contributed by atoms with van der Waals surface area (Å²) in [5, 5.41) is 0.658. The molecule has 0 unspecified atom stereocenters. The van der Waals surface area contributed by atoms with Crippen molar-refractivity contribution in [3.63, 3.8) is 0 Å². The molecule has 0 N–H and O–H groups in total. The monoisotopic (exact) mass is 291 g/mol. The topological polar surface area (TPSA) is 47.0 Å². The van der Waals surface area contributed by atoms with E-state index >= 15 is 0 Å². The number of pyridine rings is 1. The van der Waals surface area contributed by atoms with E-state index in [-0.39, 0.29) is 5.03 Å². The van der Waals surface area contributed by atoms with Crippen molar-refractivity contribution in [2.45, 2.75) is 29.6 Å². The molecular formula is C10H14BrNO2S. The van der Waals surface area contributed by atoms with Gasteiger partial charge in [-0.25, -0.2) is 13.4 Å². The van der Waals surface area contributed by atoms with E-state index in [1.165, 1.54) is 25.5 Å². The number of rotatable bonds is 2. The van der Waals surface area contributed by atoms with E-state index in [2.05, 4.69) is 20.9 Å². The first-order valence-electron chi connectivity index (χ1n) is 4.75. The molecule has 2 rings (SSSR count). The second-order valence-corrected chi connectivity index (χ2v) is 5.93.